The van der Waals surface area contributed by atoms with Gasteiger partial charge in [-0.3, -0.25) is 0 Å². The monoisotopic (exact) mass is 382 g/mol. The molecule has 0 aromatic heterocycles. The summed E-state index contributed by atoms with van der Waals surface area (Å²) in [7, 11) is 1.67. The summed E-state index contributed by atoms with van der Waals surface area (Å²) in [6.07, 6.45) is 2.07. The molecule has 1 atom stereocenters. The van der Waals surface area contributed by atoms with Gasteiger partial charge in [0.2, 0.25) is 0 Å². The van der Waals surface area contributed by atoms with E-state index in [-0.39, 0.29) is 6.03 Å². The molecule has 4 nitrogen and oxygen atoms in total. The molecule has 0 radical (unpaired) electrons. The van der Waals surface area contributed by atoms with Crippen molar-refractivity contribution in [1.82, 2.24) is 9.80 Å². The summed E-state index contributed by atoms with van der Waals surface area (Å²) in [5.74, 6) is 0.917. The maximum absolute atomic E-state index is 12.4. The van der Waals surface area contributed by atoms with E-state index in [0.717, 1.165) is 38.2 Å². The highest BCUT2D eigenvalue weighted by Gasteiger charge is 2.35. The van der Waals surface area contributed by atoms with Crippen molar-refractivity contribution in [1.29, 1.82) is 0 Å². The molecule has 2 aromatic rings. The Morgan fingerprint density at radius 3 is 2.04 bits per heavy atom. The summed E-state index contributed by atoms with van der Waals surface area (Å²) < 4.78 is 4.97. The van der Waals surface area contributed by atoms with Crippen molar-refractivity contribution in [3.8, 4) is 5.75 Å². The first-order chi connectivity index (χ1) is 13.5. The number of aryl methyl sites for hydroxylation is 2. The molecule has 0 bridgehead atoms. The summed E-state index contributed by atoms with van der Waals surface area (Å²) in [5.41, 5.74) is 3.73. The Morgan fingerprint density at radius 1 is 0.964 bits per heavy atom. The topological polar surface area (TPSA) is 32.8 Å². The highest BCUT2D eigenvalue weighted by atomic mass is 16.5. The van der Waals surface area contributed by atoms with Gasteiger partial charge in [0.25, 0.3) is 0 Å². The van der Waals surface area contributed by atoms with Crippen molar-refractivity contribution >= 4 is 6.03 Å². The van der Waals surface area contributed by atoms with Crippen LogP contribution in [0.5, 0.6) is 5.75 Å². The number of carbonyl (C=O) groups excluding carboxylic acids is 1. The van der Waals surface area contributed by atoms with Crippen molar-refractivity contribution in [3.05, 3.63) is 65.2 Å². The van der Waals surface area contributed by atoms with E-state index in [9.17, 15) is 4.79 Å². The summed E-state index contributed by atoms with van der Waals surface area (Å²) >= 11 is 0. The minimum atomic E-state index is 0.203. The minimum Gasteiger partial charge on any atom is -0.497 e. The number of rotatable bonds is 6. The molecule has 1 aliphatic heterocycles. The van der Waals surface area contributed by atoms with E-state index < -0.39 is 0 Å². The molecule has 2 amide bonds. The molecule has 28 heavy (non-hydrogen) atoms. The highest BCUT2D eigenvalue weighted by molar-refractivity contribution is 5.77. The van der Waals surface area contributed by atoms with E-state index in [1.54, 1.807) is 7.11 Å². The summed E-state index contributed by atoms with van der Waals surface area (Å²) in [4.78, 5) is 16.4. The number of benzene rings is 2. The fourth-order valence-corrected chi connectivity index (χ4v) is 3.36. The van der Waals surface area contributed by atoms with Crippen LogP contribution in [0.3, 0.4) is 0 Å². The number of methoxy groups -OCH3 is 1. The van der Waals surface area contributed by atoms with Crippen LogP contribution in [0, 0.1) is 13.8 Å². The molecule has 1 fully saturated rings. The van der Waals surface area contributed by atoms with E-state index in [1.165, 1.54) is 16.7 Å². The summed E-state index contributed by atoms with van der Waals surface area (Å²) in [5, 5.41) is 0. The first-order valence-electron chi connectivity index (χ1n) is 10.2. The third kappa shape index (κ3) is 6.01. The van der Waals surface area contributed by atoms with Gasteiger partial charge in [0, 0.05) is 19.6 Å². The molecule has 0 spiro atoms. The van der Waals surface area contributed by atoms with Gasteiger partial charge in [-0.25, -0.2) is 4.79 Å². The quantitative estimate of drug-likeness (QED) is 0.668. The van der Waals surface area contributed by atoms with Crippen LogP contribution in [0.15, 0.2) is 48.5 Å². The molecule has 0 N–H and O–H groups in total. The Kier molecular flexibility index (Phi) is 8.37. The SMILES string of the molecule is CCCN1C(=O)N(Cc2ccc(C)cc2)CC1CC.COc1ccc(C)cc1. The van der Waals surface area contributed by atoms with Crippen LogP contribution in [-0.4, -0.2) is 42.1 Å². The largest absolute Gasteiger partial charge is 0.497 e. The van der Waals surface area contributed by atoms with Gasteiger partial charge < -0.3 is 14.5 Å². The predicted octanol–water partition coefficient (Wildman–Crippen LogP) is 5.42. The summed E-state index contributed by atoms with van der Waals surface area (Å²) in [6, 6.07) is 17.0. The molecule has 0 saturated carbocycles. The van der Waals surface area contributed by atoms with Gasteiger partial charge in [-0.05, 0) is 44.4 Å². The standard InChI is InChI=1S/C16H24N2O.C8H10O/c1-4-10-18-15(5-2)12-17(16(18)19)11-14-8-6-13(3)7-9-14;1-7-3-5-8(9-2)6-4-7/h6-9,15H,4-5,10-12H2,1-3H3;3-6H,1-2H3. The van der Waals surface area contributed by atoms with Crippen LogP contribution >= 0.6 is 0 Å². The van der Waals surface area contributed by atoms with E-state index in [1.807, 2.05) is 34.1 Å². The third-order valence-corrected chi connectivity index (χ3v) is 5.07. The van der Waals surface area contributed by atoms with Gasteiger partial charge in [0.1, 0.15) is 5.75 Å². The van der Waals surface area contributed by atoms with Crippen molar-refractivity contribution in [2.45, 2.75) is 53.1 Å². The zero-order valence-electron chi connectivity index (χ0n) is 17.9. The van der Waals surface area contributed by atoms with Crippen LogP contribution < -0.4 is 4.74 Å². The molecule has 2 aromatic carbocycles. The van der Waals surface area contributed by atoms with E-state index in [0.29, 0.717) is 6.04 Å². The fourth-order valence-electron chi connectivity index (χ4n) is 3.36. The van der Waals surface area contributed by atoms with Gasteiger partial charge in [-0.1, -0.05) is 61.4 Å². The molecular formula is C24H34N2O2. The third-order valence-electron chi connectivity index (χ3n) is 5.07. The zero-order valence-corrected chi connectivity index (χ0v) is 17.9. The molecule has 1 unspecified atom stereocenters. The van der Waals surface area contributed by atoms with E-state index in [4.69, 9.17) is 4.74 Å². The number of amides is 2. The van der Waals surface area contributed by atoms with Crippen LogP contribution in [0.4, 0.5) is 4.79 Å². The Labute approximate surface area is 170 Å². The Hall–Kier alpha value is -2.49. The Morgan fingerprint density at radius 2 is 1.54 bits per heavy atom. The lowest BCUT2D eigenvalue weighted by atomic mass is 10.1. The van der Waals surface area contributed by atoms with Gasteiger partial charge in [0.05, 0.1) is 13.2 Å². The zero-order chi connectivity index (χ0) is 20.5. The maximum atomic E-state index is 12.4. The first-order valence-corrected chi connectivity index (χ1v) is 10.2. The molecule has 1 heterocycles. The normalized spacial score (nSPS) is 16.0. The maximum Gasteiger partial charge on any atom is 0.320 e. The van der Waals surface area contributed by atoms with Crippen molar-refractivity contribution in [2.24, 2.45) is 0 Å². The van der Waals surface area contributed by atoms with Crippen molar-refractivity contribution in [3.63, 3.8) is 0 Å². The first kappa shape index (κ1) is 21.8. The number of urea groups is 1. The number of hydrogen-bond acceptors (Lipinski definition) is 2. The molecular weight excluding hydrogens is 348 g/mol. The number of hydrogen-bond donors (Lipinski definition) is 0. The van der Waals surface area contributed by atoms with Gasteiger partial charge in [-0.15, -0.1) is 0 Å². The molecule has 152 valence electrons. The molecule has 1 aliphatic rings. The average molecular weight is 383 g/mol. The lowest BCUT2D eigenvalue weighted by molar-refractivity contribution is 0.184. The van der Waals surface area contributed by atoms with Crippen LogP contribution in [-0.2, 0) is 6.54 Å². The van der Waals surface area contributed by atoms with Gasteiger partial charge in [-0.2, -0.15) is 0 Å². The molecule has 3 rings (SSSR count). The second-order valence-corrected chi connectivity index (χ2v) is 7.42. The Bertz CT molecular complexity index is 725. The van der Waals surface area contributed by atoms with Crippen LogP contribution in [0.25, 0.3) is 0 Å². The second kappa shape index (κ2) is 10.7. The van der Waals surface area contributed by atoms with E-state index in [2.05, 4.69) is 52.0 Å². The lowest BCUT2D eigenvalue weighted by Gasteiger charge is -2.21. The van der Waals surface area contributed by atoms with Gasteiger partial charge >= 0.3 is 6.03 Å². The predicted molar refractivity (Wildman–Crippen MR) is 116 cm³/mol. The number of nitrogens with zero attached hydrogens (tertiary/aromatic N) is 2. The van der Waals surface area contributed by atoms with E-state index >= 15 is 0 Å². The van der Waals surface area contributed by atoms with Crippen molar-refractivity contribution < 1.29 is 9.53 Å². The minimum absolute atomic E-state index is 0.203. The molecule has 1 saturated heterocycles. The average Bonchev–Trinajstić information content (AvgIpc) is 3.00. The fraction of sp³-hybridized carbons (Fsp3) is 0.458. The van der Waals surface area contributed by atoms with Crippen LogP contribution in [0.1, 0.15) is 43.4 Å². The number of carbonyl (C=O) groups is 1. The number of ether oxygens (including phenoxy) is 1. The molecule has 4 heteroatoms. The van der Waals surface area contributed by atoms with Gasteiger partial charge in [0.15, 0.2) is 0 Å². The Balaban J connectivity index is 0.000000261. The van der Waals surface area contributed by atoms with Crippen LogP contribution in [0.2, 0.25) is 0 Å². The molecule has 0 aliphatic carbocycles. The summed E-state index contributed by atoms with van der Waals surface area (Å²) in [6.45, 7) is 10.9. The second-order valence-electron chi connectivity index (χ2n) is 7.42. The highest BCUT2D eigenvalue weighted by Crippen LogP contribution is 2.21. The van der Waals surface area contributed by atoms with Crippen molar-refractivity contribution in [2.75, 3.05) is 20.2 Å². The smallest absolute Gasteiger partial charge is 0.320 e. The lowest BCUT2D eigenvalue weighted by Crippen LogP contribution is -2.35.